The van der Waals surface area contributed by atoms with Gasteiger partial charge in [-0.2, -0.15) is 0 Å². The molecule has 0 heterocycles. The van der Waals surface area contributed by atoms with Gasteiger partial charge in [0.15, 0.2) is 5.78 Å². The predicted molar refractivity (Wildman–Crippen MR) is 96.0 cm³/mol. The zero-order chi connectivity index (χ0) is 17.8. The van der Waals surface area contributed by atoms with Crippen molar-refractivity contribution < 1.29 is 19.8 Å². The SMILES string of the molecule is O=C(O)CC(CC(=O)c1ccc2cc(O)ccc2c1)c1ccccc1. The summed E-state index contributed by atoms with van der Waals surface area (Å²) in [5.74, 6) is -1.19. The highest BCUT2D eigenvalue weighted by molar-refractivity contribution is 6.00. The summed E-state index contributed by atoms with van der Waals surface area (Å²) >= 11 is 0. The van der Waals surface area contributed by atoms with Crippen molar-refractivity contribution in [1.29, 1.82) is 0 Å². The van der Waals surface area contributed by atoms with Crippen LogP contribution in [0.3, 0.4) is 0 Å². The Morgan fingerprint density at radius 2 is 1.52 bits per heavy atom. The molecule has 0 bridgehead atoms. The first-order chi connectivity index (χ1) is 12.0. The van der Waals surface area contributed by atoms with Crippen LogP contribution in [0.15, 0.2) is 66.7 Å². The van der Waals surface area contributed by atoms with Crippen LogP contribution in [0.1, 0.15) is 34.7 Å². The lowest BCUT2D eigenvalue weighted by atomic mass is 9.88. The lowest BCUT2D eigenvalue weighted by Crippen LogP contribution is -2.12. The van der Waals surface area contributed by atoms with Crippen LogP contribution in [0, 0.1) is 0 Å². The second-order valence-electron chi connectivity index (χ2n) is 6.08. The first-order valence-electron chi connectivity index (χ1n) is 8.05. The third-order valence-corrected chi connectivity index (χ3v) is 4.27. The highest BCUT2D eigenvalue weighted by Gasteiger charge is 2.20. The highest BCUT2D eigenvalue weighted by atomic mass is 16.4. The van der Waals surface area contributed by atoms with E-state index in [1.807, 2.05) is 30.3 Å². The number of carbonyl (C=O) groups excluding carboxylic acids is 1. The summed E-state index contributed by atoms with van der Waals surface area (Å²) in [6.07, 6.45) is 0.0527. The van der Waals surface area contributed by atoms with Gasteiger partial charge in [0.2, 0.25) is 0 Å². The molecule has 4 nitrogen and oxygen atoms in total. The molecule has 3 rings (SSSR count). The first-order valence-corrected chi connectivity index (χ1v) is 8.05. The maximum absolute atomic E-state index is 12.7. The number of aromatic hydroxyl groups is 1. The molecule has 1 unspecified atom stereocenters. The highest BCUT2D eigenvalue weighted by Crippen LogP contribution is 2.27. The fourth-order valence-electron chi connectivity index (χ4n) is 2.99. The molecule has 1 atom stereocenters. The van der Waals surface area contributed by atoms with Crippen LogP contribution in [0.5, 0.6) is 5.75 Å². The van der Waals surface area contributed by atoms with Gasteiger partial charge in [0.05, 0.1) is 6.42 Å². The molecule has 0 fully saturated rings. The molecule has 0 aromatic heterocycles. The van der Waals surface area contributed by atoms with Gasteiger partial charge in [0.1, 0.15) is 5.75 Å². The number of rotatable bonds is 6. The fourth-order valence-corrected chi connectivity index (χ4v) is 2.99. The van der Waals surface area contributed by atoms with Crippen molar-refractivity contribution in [1.82, 2.24) is 0 Å². The normalized spacial score (nSPS) is 12.0. The first kappa shape index (κ1) is 16.7. The molecule has 4 heteroatoms. The van der Waals surface area contributed by atoms with Gasteiger partial charge in [0, 0.05) is 17.9 Å². The summed E-state index contributed by atoms with van der Waals surface area (Å²) in [6, 6.07) is 19.5. The van der Waals surface area contributed by atoms with Gasteiger partial charge in [-0.15, -0.1) is 0 Å². The summed E-state index contributed by atoms with van der Waals surface area (Å²) in [4.78, 5) is 23.9. The number of benzene rings is 3. The van der Waals surface area contributed by atoms with E-state index in [1.165, 1.54) is 0 Å². The molecule has 25 heavy (non-hydrogen) atoms. The van der Waals surface area contributed by atoms with Gasteiger partial charge < -0.3 is 10.2 Å². The molecule has 0 saturated carbocycles. The molecule has 0 spiro atoms. The minimum absolute atomic E-state index is 0.0861. The minimum atomic E-state index is -0.921. The number of phenolic OH excluding ortho intramolecular Hbond substituents is 1. The molecular weight excluding hydrogens is 316 g/mol. The Hall–Kier alpha value is -3.14. The largest absolute Gasteiger partial charge is 0.508 e. The maximum atomic E-state index is 12.7. The average Bonchev–Trinajstić information content (AvgIpc) is 2.61. The monoisotopic (exact) mass is 334 g/mol. The average molecular weight is 334 g/mol. The third-order valence-electron chi connectivity index (χ3n) is 4.27. The lowest BCUT2D eigenvalue weighted by molar-refractivity contribution is -0.137. The van der Waals surface area contributed by atoms with Crippen molar-refractivity contribution in [3.05, 3.63) is 77.9 Å². The Morgan fingerprint density at radius 1 is 0.840 bits per heavy atom. The minimum Gasteiger partial charge on any atom is -0.508 e. The molecule has 0 amide bonds. The van der Waals surface area contributed by atoms with Crippen molar-refractivity contribution in [3.63, 3.8) is 0 Å². The smallest absolute Gasteiger partial charge is 0.303 e. The molecule has 2 N–H and O–H groups in total. The standard InChI is InChI=1S/C21H18O4/c22-19-9-8-15-10-17(7-6-16(15)11-19)20(23)12-18(13-21(24)25)14-4-2-1-3-5-14/h1-11,18,22H,12-13H2,(H,24,25). The van der Waals surface area contributed by atoms with Gasteiger partial charge in [-0.1, -0.05) is 48.5 Å². The number of carboxylic acids is 1. The summed E-state index contributed by atoms with van der Waals surface area (Å²) in [5.41, 5.74) is 1.40. The van der Waals surface area contributed by atoms with Crippen LogP contribution in [-0.4, -0.2) is 22.0 Å². The Balaban J connectivity index is 1.85. The number of fused-ring (bicyclic) bond motifs is 1. The molecule has 3 aromatic carbocycles. The number of phenols is 1. The van der Waals surface area contributed by atoms with E-state index in [0.717, 1.165) is 16.3 Å². The van der Waals surface area contributed by atoms with Crippen LogP contribution in [0.25, 0.3) is 10.8 Å². The fraction of sp³-hybridized carbons (Fsp3) is 0.143. The third kappa shape index (κ3) is 4.04. The van der Waals surface area contributed by atoms with Gasteiger partial charge in [0.25, 0.3) is 0 Å². The van der Waals surface area contributed by atoms with Crippen molar-refractivity contribution >= 4 is 22.5 Å². The Morgan fingerprint density at radius 3 is 2.24 bits per heavy atom. The van der Waals surface area contributed by atoms with Crippen molar-refractivity contribution in [2.75, 3.05) is 0 Å². The molecule has 0 saturated heterocycles. The van der Waals surface area contributed by atoms with Crippen molar-refractivity contribution in [2.24, 2.45) is 0 Å². The van der Waals surface area contributed by atoms with E-state index in [4.69, 9.17) is 5.11 Å². The van der Waals surface area contributed by atoms with Crippen LogP contribution in [0.2, 0.25) is 0 Å². The lowest BCUT2D eigenvalue weighted by Gasteiger charge is -2.15. The molecule has 0 aliphatic carbocycles. The van der Waals surface area contributed by atoms with E-state index in [2.05, 4.69) is 0 Å². The number of hydrogen-bond donors (Lipinski definition) is 2. The van der Waals surface area contributed by atoms with Gasteiger partial charge in [-0.05, 0) is 34.5 Å². The molecule has 0 aliphatic heterocycles. The van der Waals surface area contributed by atoms with Crippen LogP contribution >= 0.6 is 0 Å². The van der Waals surface area contributed by atoms with Crippen molar-refractivity contribution in [3.8, 4) is 5.75 Å². The summed E-state index contributed by atoms with van der Waals surface area (Å²) < 4.78 is 0. The molecule has 0 radical (unpaired) electrons. The Labute approximate surface area is 145 Å². The Bertz CT molecular complexity index is 916. The van der Waals surface area contributed by atoms with E-state index < -0.39 is 5.97 Å². The van der Waals surface area contributed by atoms with Crippen LogP contribution < -0.4 is 0 Å². The van der Waals surface area contributed by atoms with Gasteiger partial charge in [-0.3, -0.25) is 9.59 Å². The van der Waals surface area contributed by atoms with Crippen LogP contribution in [-0.2, 0) is 4.79 Å². The maximum Gasteiger partial charge on any atom is 0.303 e. The second kappa shape index (κ2) is 7.18. The number of ketones is 1. The molecular formula is C21H18O4. The molecule has 3 aromatic rings. The zero-order valence-corrected chi connectivity index (χ0v) is 13.6. The summed E-state index contributed by atoms with van der Waals surface area (Å²) in [5, 5.41) is 20.4. The van der Waals surface area contributed by atoms with E-state index in [0.29, 0.717) is 5.56 Å². The number of aliphatic carboxylic acids is 1. The van der Waals surface area contributed by atoms with E-state index >= 15 is 0 Å². The van der Waals surface area contributed by atoms with Crippen LogP contribution in [0.4, 0.5) is 0 Å². The van der Waals surface area contributed by atoms with E-state index in [9.17, 15) is 14.7 Å². The van der Waals surface area contributed by atoms with Gasteiger partial charge in [-0.25, -0.2) is 0 Å². The predicted octanol–water partition coefficient (Wildman–Crippen LogP) is 4.38. The van der Waals surface area contributed by atoms with E-state index in [-0.39, 0.29) is 30.3 Å². The zero-order valence-electron chi connectivity index (χ0n) is 13.6. The topological polar surface area (TPSA) is 74.6 Å². The van der Waals surface area contributed by atoms with Gasteiger partial charge >= 0.3 is 5.97 Å². The second-order valence-corrected chi connectivity index (χ2v) is 6.08. The summed E-state index contributed by atoms with van der Waals surface area (Å²) in [7, 11) is 0. The van der Waals surface area contributed by atoms with Crippen molar-refractivity contribution in [2.45, 2.75) is 18.8 Å². The number of carbonyl (C=O) groups is 2. The number of carboxylic acid groups (broad SMARTS) is 1. The Kier molecular flexibility index (Phi) is 4.80. The summed E-state index contributed by atoms with van der Waals surface area (Å²) in [6.45, 7) is 0. The quantitative estimate of drug-likeness (QED) is 0.656. The number of Topliss-reactive ketones (excluding diaryl/α,β-unsaturated/α-hetero) is 1. The molecule has 0 aliphatic rings. The van der Waals surface area contributed by atoms with E-state index in [1.54, 1.807) is 36.4 Å². The number of hydrogen-bond acceptors (Lipinski definition) is 3. The molecule has 126 valence electrons.